The van der Waals surface area contributed by atoms with Gasteiger partial charge in [-0.05, 0) is 48.0 Å². The maximum Gasteiger partial charge on any atom is 0.261 e. The lowest BCUT2D eigenvalue weighted by molar-refractivity contribution is 0.414. The lowest BCUT2D eigenvalue weighted by Gasteiger charge is -2.36. The molecule has 3 aromatic carbocycles. The number of hydrogen-bond donors (Lipinski definition) is 1. The number of methoxy groups -OCH3 is 1. The van der Waals surface area contributed by atoms with Crippen molar-refractivity contribution < 1.29 is 13.2 Å². The number of piperazine rings is 1. The molecule has 0 aliphatic carbocycles. The van der Waals surface area contributed by atoms with E-state index in [0.717, 1.165) is 65.6 Å². The van der Waals surface area contributed by atoms with Gasteiger partial charge in [0.25, 0.3) is 10.0 Å². The molecule has 6 rings (SSSR count). The molecule has 40 heavy (non-hydrogen) atoms. The van der Waals surface area contributed by atoms with Gasteiger partial charge in [0.05, 0.1) is 41.1 Å². The van der Waals surface area contributed by atoms with Gasteiger partial charge in [-0.1, -0.05) is 30.3 Å². The van der Waals surface area contributed by atoms with Gasteiger partial charge in [0, 0.05) is 49.7 Å². The van der Waals surface area contributed by atoms with E-state index in [2.05, 4.69) is 36.6 Å². The Labute approximate surface area is 233 Å². The average molecular weight is 553 g/mol. The van der Waals surface area contributed by atoms with Crippen molar-refractivity contribution in [2.24, 2.45) is 0 Å². The molecular formula is C30H28N6O3S. The molecule has 9 nitrogen and oxygen atoms in total. The smallest absolute Gasteiger partial charge is 0.261 e. The van der Waals surface area contributed by atoms with Crippen molar-refractivity contribution in [3.05, 3.63) is 97.5 Å². The molecule has 0 bridgehead atoms. The predicted octanol–water partition coefficient (Wildman–Crippen LogP) is 4.83. The van der Waals surface area contributed by atoms with Crippen molar-refractivity contribution in [1.29, 1.82) is 0 Å². The fourth-order valence-corrected chi connectivity index (χ4v) is 5.86. The number of hydrogen-bond acceptors (Lipinski definition) is 8. The summed E-state index contributed by atoms with van der Waals surface area (Å²) in [6, 6.07) is 24.0. The van der Waals surface area contributed by atoms with Crippen molar-refractivity contribution in [2.45, 2.75) is 4.90 Å². The minimum absolute atomic E-state index is 0.193. The third-order valence-electron chi connectivity index (χ3n) is 6.93. The Hall–Kier alpha value is -4.70. The quantitative estimate of drug-likeness (QED) is 0.307. The normalized spacial score (nSPS) is 13.8. The summed E-state index contributed by atoms with van der Waals surface area (Å²) in [7, 11) is -2.04. The lowest BCUT2D eigenvalue weighted by Crippen LogP contribution is -2.46. The van der Waals surface area contributed by atoms with Gasteiger partial charge in [0.1, 0.15) is 11.6 Å². The molecule has 1 N–H and O–H groups in total. The van der Waals surface area contributed by atoms with Crippen LogP contribution in [0.5, 0.6) is 5.75 Å². The zero-order valence-electron chi connectivity index (χ0n) is 21.9. The van der Waals surface area contributed by atoms with Gasteiger partial charge in [-0.3, -0.25) is 14.7 Å². The molecule has 0 saturated carbocycles. The maximum absolute atomic E-state index is 12.8. The Morgan fingerprint density at radius 1 is 0.775 bits per heavy atom. The second-order valence-corrected chi connectivity index (χ2v) is 11.2. The van der Waals surface area contributed by atoms with Crippen LogP contribution in [0.1, 0.15) is 0 Å². The molecule has 2 aromatic heterocycles. The standard InChI is InChI=1S/C30H28N6O3S/c1-39-26-7-5-6-25(18-26)35-12-14-36(15-13-35)30-21-32-28-11-10-22(17-29(28)33-30)23-16-24(20-31-19-23)34-40(37,38)27-8-3-2-4-9-27/h2-11,16-21,34H,12-15H2,1H3. The largest absolute Gasteiger partial charge is 0.497 e. The van der Waals surface area contributed by atoms with E-state index >= 15 is 0 Å². The number of rotatable bonds is 7. The van der Waals surface area contributed by atoms with Crippen LogP contribution in [0.3, 0.4) is 0 Å². The number of benzene rings is 3. The molecule has 10 heteroatoms. The summed E-state index contributed by atoms with van der Waals surface area (Å²) in [5.41, 5.74) is 4.73. The molecule has 0 spiro atoms. The van der Waals surface area contributed by atoms with Crippen LogP contribution in [0.4, 0.5) is 17.2 Å². The van der Waals surface area contributed by atoms with Crippen molar-refractivity contribution in [3.8, 4) is 16.9 Å². The van der Waals surface area contributed by atoms with E-state index in [4.69, 9.17) is 9.72 Å². The highest BCUT2D eigenvalue weighted by Gasteiger charge is 2.20. The van der Waals surface area contributed by atoms with Crippen molar-refractivity contribution in [2.75, 3.05) is 47.8 Å². The van der Waals surface area contributed by atoms with Crippen molar-refractivity contribution in [3.63, 3.8) is 0 Å². The second-order valence-electron chi connectivity index (χ2n) is 9.49. The average Bonchev–Trinajstić information content (AvgIpc) is 3.01. The van der Waals surface area contributed by atoms with E-state index in [-0.39, 0.29) is 4.90 Å². The van der Waals surface area contributed by atoms with Crippen LogP contribution in [0.15, 0.2) is 102 Å². The van der Waals surface area contributed by atoms with Gasteiger partial charge >= 0.3 is 0 Å². The van der Waals surface area contributed by atoms with Crippen molar-refractivity contribution >= 4 is 38.2 Å². The van der Waals surface area contributed by atoms with Crippen LogP contribution in [0, 0.1) is 0 Å². The molecule has 1 aliphatic rings. The SMILES string of the molecule is COc1cccc(N2CCN(c3cnc4ccc(-c5cncc(NS(=O)(=O)c6ccccc6)c5)cc4n3)CC2)c1. The van der Waals surface area contributed by atoms with Crippen LogP contribution < -0.4 is 19.3 Å². The predicted molar refractivity (Wildman–Crippen MR) is 157 cm³/mol. The highest BCUT2D eigenvalue weighted by Crippen LogP contribution is 2.28. The third-order valence-corrected chi connectivity index (χ3v) is 8.33. The van der Waals surface area contributed by atoms with Crippen LogP contribution in [0.2, 0.25) is 0 Å². The molecular weight excluding hydrogens is 524 g/mol. The van der Waals surface area contributed by atoms with Gasteiger partial charge < -0.3 is 14.5 Å². The van der Waals surface area contributed by atoms with Crippen LogP contribution in [-0.2, 0) is 10.0 Å². The first-order valence-corrected chi connectivity index (χ1v) is 14.4. The molecule has 0 amide bonds. The monoisotopic (exact) mass is 552 g/mol. The summed E-state index contributed by atoms with van der Waals surface area (Å²) >= 11 is 0. The van der Waals surface area contributed by atoms with E-state index in [9.17, 15) is 8.42 Å². The topological polar surface area (TPSA) is 101 Å². The summed E-state index contributed by atoms with van der Waals surface area (Å²) in [6.07, 6.45) is 5.02. The number of aromatic nitrogens is 3. The molecule has 202 valence electrons. The molecule has 5 aromatic rings. The summed E-state index contributed by atoms with van der Waals surface area (Å²) in [4.78, 5) is 18.6. The number of anilines is 3. The van der Waals surface area contributed by atoms with E-state index in [1.165, 1.54) is 6.20 Å². The zero-order valence-corrected chi connectivity index (χ0v) is 22.8. The highest BCUT2D eigenvalue weighted by atomic mass is 32.2. The minimum Gasteiger partial charge on any atom is -0.497 e. The third kappa shape index (κ3) is 5.39. The Balaban J connectivity index is 1.20. The van der Waals surface area contributed by atoms with E-state index in [0.29, 0.717) is 5.69 Å². The summed E-state index contributed by atoms with van der Waals surface area (Å²) < 4.78 is 33.5. The number of pyridine rings is 1. The van der Waals surface area contributed by atoms with Gasteiger partial charge in [0.15, 0.2) is 0 Å². The molecule has 3 heterocycles. The van der Waals surface area contributed by atoms with Gasteiger partial charge in [-0.2, -0.15) is 0 Å². The van der Waals surface area contributed by atoms with E-state index < -0.39 is 10.0 Å². The number of ether oxygens (including phenoxy) is 1. The maximum atomic E-state index is 12.8. The van der Waals surface area contributed by atoms with Gasteiger partial charge in [-0.25, -0.2) is 13.4 Å². The van der Waals surface area contributed by atoms with Gasteiger partial charge in [0.2, 0.25) is 0 Å². The van der Waals surface area contributed by atoms with Crippen LogP contribution in [-0.4, -0.2) is 56.7 Å². The first kappa shape index (κ1) is 25.6. The second kappa shape index (κ2) is 10.8. The first-order valence-electron chi connectivity index (χ1n) is 12.9. The fourth-order valence-electron chi connectivity index (χ4n) is 4.80. The zero-order chi connectivity index (χ0) is 27.5. The molecule has 0 radical (unpaired) electrons. The minimum atomic E-state index is -3.72. The van der Waals surface area contributed by atoms with E-state index in [1.54, 1.807) is 49.7 Å². The van der Waals surface area contributed by atoms with Crippen molar-refractivity contribution in [1.82, 2.24) is 15.0 Å². The number of sulfonamides is 1. The van der Waals surface area contributed by atoms with E-state index in [1.807, 2.05) is 36.5 Å². The highest BCUT2D eigenvalue weighted by molar-refractivity contribution is 7.92. The number of nitrogens with zero attached hydrogens (tertiary/aromatic N) is 5. The molecule has 1 aliphatic heterocycles. The Kier molecular flexibility index (Phi) is 6.91. The Morgan fingerprint density at radius 3 is 2.38 bits per heavy atom. The van der Waals surface area contributed by atoms with Crippen LogP contribution >= 0.6 is 0 Å². The summed E-state index contributed by atoms with van der Waals surface area (Å²) in [5.74, 6) is 1.68. The number of fused-ring (bicyclic) bond motifs is 1. The molecule has 1 saturated heterocycles. The van der Waals surface area contributed by atoms with Crippen LogP contribution in [0.25, 0.3) is 22.2 Å². The Bertz CT molecular complexity index is 1760. The molecule has 0 unspecified atom stereocenters. The fraction of sp³-hybridized carbons (Fsp3) is 0.167. The summed E-state index contributed by atoms with van der Waals surface area (Å²) in [6.45, 7) is 3.38. The summed E-state index contributed by atoms with van der Waals surface area (Å²) in [5, 5.41) is 0. The molecule has 1 fully saturated rings. The first-order chi connectivity index (χ1) is 19.5. The van der Waals surface area contributed by atoms with Gasteiger partial charge in [-0.15, -0.1) is 0 Å². The Morgan fingerprint density at radius 2 is 1.57 bits per heavy atom. The lowest BCUT2D eigenvalue weighted by atomic mass is 10.1. The molecule has 0 atom stereocenters. The number of nitrogens with one attached hydrogen (secondary N) is 1.